The highest BCUT2D eigenvalue weighted by Crippen LogP contribution is 2.23. The number of nitrogens with two attached hydrogens (primary N) is 1. The van der Waals surface area contributed by atoms with Gasteiger partial charge in [0.1, 0.15) is 0 Å². The Labute approximate surface area is 132 Å². The highest BCUT2D eigenvalue weighted by Gasteiger charge is 2.31. The van der Waals surface area contributed by atoms with Crippen LogP contribution in [-0.2, 0) is 14.6 Å². The Hall–Kier alpha value is -1.40. The Kier molecular flexibility index (Phi) is 5.24. The Morgan fingerprint density at radius 1 is 1.32 bits per heavy atom. The van der Waals surface area contributed by atoms with E-state index in [1.54, 1.807) is 29.2 Å². The van der Waals surface area contributed by atoms with E-state index < -0.39 is 9.84 Å². The molecule has 22 heavy (non-hydrogen) atoms. The minimum Gasteiger partial charge on any atom is -0.340 e. The molecule has 1 aromatic rings. The Morgan fingerprint density at radius 2 is 1.95 bits per heavy atom. The van der Waals surface area contributed by atoms with Gasteiger partial charge in [-0.05, 0) is 44.9 Å². The fraction of sp³-hybridized carbons (Fsp3) is 0.562. The topological polar surface area (TPSA) is 80.5 Å². The third kappa shape index (κ3) is 3.87. The van der Waals surface area contributed by atoms with E-state index in [4.69, 9.17) is 5.73 Å². The third-order valence-corrected chi connectivity index (χ3v) is 6.01. The van der Waals surface area contributed by atoms with Crippen LogP contribution in [0.15, 0.2) is 29.2 Å². The number of nitrogens with zero attached hydrogens (tertiary/aromatic N) is 1. The van der Waals surface area contributed by atoms with Gasteiger partial charge >= 0.3 is 0 Å². The van der Waals surface area contributed by atoms with Gasteiger partial charge < -0.3 is 10.6 Å². The third-order valence-electron chi connectivity index (χ3n) is 4.28. The second-order valence-corrected chi connectivity index (χ2v) is 8.22. The monoisotopic (exact) mass is 324 g/mol. The van der Waals surface area contributed by atoms with Gasteiger partial charge in [0.15, 0.2) is 9.84 Å². The number of sulfone groups is 1. The van der Waals surface area contributed by atoms with Crippen molar-refractivity contribution in [1.82, 2.24) is 4.90 Å². The maximum absolute atomic E-state index is 12.3. The van der Waals surface area contributed by atoms with Crippen molar-refractivity contribution in [2.24, 2.45) is 11.7 Å². The zero-order valence-corrected chi connectivity index (χ0v) is 14.0. The molecule has 1 saturated heterocycles. The quantitative estimate of drug-likeness (QED) is 0.886. The Balaban J connectivity index is 1.97. The van der Waals surface area contributed by atoms with Crippen LogP contribution in [-0.4, -0.2) is 44.1 Å². The fourth-order valence-electron chi connectivity index (χ4n) is 2.89. The number of aryl methyl sites for hydroxylation is 1. The smallest absolute Gasteiger partial charge is 0.223 e. The lowest BCUT2D eigenvalue weighted by atomic mass is 10.1. The number of amides is 1. The molecule has 0 aromatic heterocycles. The van der Waals surface area contributed by atoms with Gasteiger partial charge in [-0.3, -0.25) is 4.79 Å². The van der Waals surface area contributed by atoms with Crippen molar-refractivity contribution in [3.8, 4) is 0 Å². The molecule has 0 spiro atoms. The molecule has 1 fully saturated rings. The summed E-state index contributed by atoms with van der Waals surface area (Å²) in [4.78, 5) is 14.3. The molecule has 6 heteroatoms. The van der Waals surface area contributed by atoms with Crippen LogP contribution in [0.1, 0.15) is 25.3 Å². The zero-order valence-electron chi connectivity index (χ0n) is 13.2. The first-order chi connectivity index (χ1) is 10.3. The Bertz CT molecular complexity index is 625. The molecule has 122 valence electrons. The highest BCUT2D eigenvalue weighted by molar-refractivity contribution is 7.91. The Morgan fingerprint density at radius 3 is 2.50 bits per heavy atom. The highest BCUT2D eigenvalue weighted by atomic mass is 32.2. The van der Waals surface area contributed by atoms with E-state index in [2.05, 4.69) is 0 Å². The van der Waals surface area contributed by atoms with Crippen molar-refractivity contribution in [3.63, 3.8) is 0 Å². The van der Waals surface area contributed by atoms with Gasteiger partial charge in [0, 0.05) is 19.0 Å². The van der Waals surface area contributed by atoms with Crippen molar-refractivity contribution in [1.29, 1.82) is 0 Å². The molecule has 1 amide bonds. The molecule has 2 N–H and O–H groups in total. The van der Waals surface area contributed by atoms with Gasteiger partial charge in [-0.1, -0.05) is 17.7 Å². The summed E-state index contributed by atoms with van der Waals surface area (Å²) < 4.78 is 24.5. The summed E-state index contributed by atoms with van der Waals surface area (Å²) >= 11 is 0. The number of hydrogen-bond donors (Lipinski definition) is 1. The molecule has 2 atom stereocenters. The molecule has 2 rings (SSSR count). The van der Waals surface area contributed by atoms with E-state index in [1.807, 2.05) is 13.8 Å². The van der Waals surface area contributed by atoms with Crippen molar-refractivity contribution in [3.05, 3.63) is 29.8 Å². The molecule has 0 bridgehead atoms. The van der Waals surface area contributed by atoms with Crippen LogP contribution in [0, 0.1) is 12.8 Å². The van der Waals surface area contributed by atoms with Crippen LogP contribution < -0.4 is 5.73 Å². The van der Waals surface area contributed by atoms with Gasteiger partial charge in [0.05, 0.1) is 10.6 Å². The van der Waals surface area contributed by atoms with Crippen LogP contribution in [0.4, 0.5) is 0 Å². The van der Waals surface area contributed by atoms with Crippen molar-refractivity contribution in [2.45, 2.75) is 37.6 Å². The normalized spacial score (nSPS) is 22.0. The first-order valence-corrected chi connectivity index (χ1v) is 9.27. The van der Waals surface area contributed by atoms with Crippen LogP contribution in [0.25, 0.3) is 0 Å². The molecule has 0 saturated carbocycles. The summed E-state index contributed by atoms with van der Waals surface area (Å²) in [5, 5.41) is 0. The largest absolute Gasteiger partial charge is 0.340 e. The predicted molar refractivity (Wildman–Crippen MR) is 86.2 cm³/mol. The predicted octanol–water partition coefficient (Wildman–Crippen LogP) is 1.35. The van der Waals surface area contributed by atoms with E-state index in [1.165, 1.54) is 0 Å². The second kappa shape index (κ2) is 6.79. The number of hydrogen-bond acceptors (Lipinski definition) is 4. The molecule has 1 aliphatic rings. The van der Waals surface area contributed by atoms with Gasteiger partial charge in [0.2, 0.25) is 5.91 Å². The minimum absolute atomic E-state index is 0.0256. The summed E-state index contributed by atoms with van der Waals surface area (Å²) in [6, 6.07) is 6.87. The summed E-state index contributed by atoms with van der Waals surface area (Å²) in [5.41, 5.74) is 6.66. The lowest BCUT2D eigenvalue weighted by molar-refractivity contribution is -0.131. The van der Waals surface area contributed by atoms with E-state index in [0.717, 1.165) is 12.0 Å². The molecule has 0 aliphatic carbocycles. The maximum Gasteiger partial charge on any atom is 0.223 e. The maximum atomic E-state index is 12.3. The zero-order chi connectivity index (χ0) is 16.3. The molecule has 0 radical (unpaired) electrons. The van der Waals surface area contributed by atoms with E-state index in [-0.39, 0.29) is 29.0 Å². The van der Waals surface area contributed by atoms with E-state index in [9.17, 15) is 13.2 Å². The number of carbonyl (C=O) groups is 1. The van der Waals surface area contributed by atoms with Crippen LogP contribution in [0.5, 0.6) is 0 Å². The van der Waals surface area contributed by atoms with E-state index >= 15 is 0 Å². The molecule has 5 nitrogen and oxygen atoms in total. The average molecular weight is 324 g/mol. The molecule has 1 heterocycles. The summed E-state index contributed by atoms with van der Waals surface area (Å²) in [7, 11) is -3.41. The molecule has 1 aliphatic heterocycles. The van der Waals surface area contributed by atoms with Crippen molar-refractivity contribution in [2.75, 3.05) is 18.8 Å². The number of benzene rings is 1. The van der Waals surface area contributed by atoms with E-state index in [0.29, 0.717) is 19.0 Å². The second-order valence-electron chi connectivity index (χ2n) is 6.11. The van der Waals surface area contributed by atoms with Gasteiger partial charge in [-0.2, -0.15) is 0 Å². The minimum atomic E-state index is -3.41. The van der Waals surface area contributed by atoms with Crippen LogP contribution in [0.2, 0.25) is 0 Å². The molecule has 1 aromatic carbocycles. The first-order valence-electron chi connectivity index (χ1n) is 7.62. The summed E-state index contributed by atoms with van der Waals surface area (Å²) in [6.07, 6.45) is 0.921. The lowest BCUT2D eigenvalue weighted by Gasteiger charge is -2.21. The number of likely N-dealkylation sites (tertiary alicyclic amines) is 1. The lowest BCUT2D eigenvalue weighted by Crippen LogP contribution is -2.35. The SMILES string of the molecule is Cc1ccc(S(=O)(=O)CCC(=O)N2CC(CN)CC2C)cc1. The first kappa shape index (κ1) is 17.0. The fourth-order valence-corrected chi connectivity index (χ4v) is 4.12. The van der Waals surface area contributed by atoms with Gasteiger partial charge in [-0.15, -0.1) is 0 Å². The molecular weight excluding hydrogens is 300 g/mol. The summed E-state index contributed by atoms with van der Waals surface area (Å²) in [6.45, 7) is 5.10. The van der Waals surface area contributed by atoms with Crippen molar-refractivity contribution >= 4 is 15.7 Å². The average Bonchev–Trinajstić information content (AvgIpc) is 2.86. The molecule has 2 unspecified atom stereocenters. The number of carbonyl (C=O) groups excluding carboxylic acids is 1. The van der Waals surface area contributed by atoms with Crippen LogP contribution in [0.3, 0.4) is 0 Å². The van der Waals surface area contributed by atoms with Crippen molar-refractivity contribution < 1.29 is 13.2 Å². The standard InChI is InChI=1S/C16H24N2O3S/c1-12-3-5-15(6-4-12)22(20,21)8-7-16(19)18-11-14(10-17)9-13(18)2/h3-6,13-14H,7-11,17H2,1-2H3. The van der Waals surface area contributed by atoms with Gasteiger partial charge in [0.25, 0.3) is 0 Å². The van der Waals surface area contributed by atoms with Gasteiger partial charge in [-0.25, -0.2) is 8.42 Å². The summed E-state index contributed by atoms with van der Waals surface area (Å²) in [5.74, 6) is 0.0811. The van der Waals surface area contributed by atoms with Crippen LogP contribution >= 0.6 is 0 Å². The number of rotatable bonds is 5. The molecular formula is C16H24N2O3S.